The number of ketones is 1. The Labute approximate surface area is 142 Å². The fraction of sp³-hybridized carbons (Fsp3) is 0.300. The molecule has 2 aromatic rings. The molecule has 0 radical (unpaired) electrons. The van der Waals surface area contributed by atoms with Crippen molar-refractivity contribution in [2.45, 2.75) is 18.4 Å². The third kappa shape index (κ3) is 3.39. The minimum Gasteiger partial charge on any atom is -0.446 e. The molecular weight excluding hydrogens is 302 g/mol. The van der Waals surface area contributed by atoms with Crippen LogP contribution < -0.4 is 0 Å². The number of piperidine rings is 1. The van der Waals surface area contributed by atoms with Gasteiger partial charge >= 0.3 is 5.97 Å². The molecule has 0 aliphatic carbocycles. The van der Waals surface area contributed by atoms with Crippen molar-refractivity contribution in [3.05, 3.63) is 71.8 Å². The Balaban J connectivity index is 1.91. The van der Waals surface area contributed by atoms with Crippen molar-refractivity contribution in [3.8, 4) is 0 Å². The quantitative estimate of drug-likeness (QED) is 0.640. The highest BCUT2D eigenvalue weighted by Crippen LogP contribution is 2.30. The SMILES string of the molecule is CN1CCCC(OC(=O)c2ccccc2)(C(=O)c2ccccc2)C1. The molecule has 1 atom stereocenters. The van der Waals surface area contributed by atoms with Gasteiger partial charge in [-0.05, 0) is 38.6 Å². The van der Waals surface area contributed by atoms with Crippen LogP contribution in [0, 0.1) is 0 Å². The first-order valence-electron chi connectivity index (χ1n) is 8.17. The number of benzene rings is 2. The molecule has 124 valence electrons. The molecule has 1 fully saturated rings. The number of ether oxygens (including phenoxy) is 1. The van der Waals surface area contributed by atoms with Crippen LogP contribution in [0.25, 0.3) is 0 Å². The largest absolute Gasteiger partial charge is 0.446 e. The second-order valence-corrected chi connectivity index (χ2v) is 6.29. The summed E-state index contributed by atoms with van der Waals surface area (Å²) >= 11 is 0. The van der Waals surface area contributed by atoms with Gasteiger partial charge in [0.25, 0.3) is 0 Å². The minimum atomic E-state index is -1.12. The number of Topliss-reactive ketones (excluding diaryl/α,β-unsaturated/α-hetero) is 1. The Bertz CT molecular complexity index is 714. The lowest BCUT2D eigenvalue weighted by atomic mass is 9.85. The highest BCUT2D eigenvalue weighted by atomic mass is 16.6. The average molecular weight is 323 g/mol. The molecule has 1 aliphatic heterocycles. The molecule has 1 aliphatic rings. The summed E-state index contributed by atoms with van der Waals surface area (Å²) in [5.41, 5.74) is -0.0824. The lowest BCUT2D eigenvalue weighted by Crippen LogP contribution is -2.54. The van der Waals surface area contributed by atoms with Crippen LogP contribution >= 0.6 is 0 Å². The topological polar surface area (TPSA) is 46.6 Å². The molecule has 1 saturated heterocycles. The fourth-order valence-electron chi connectivity index (χ4n) is 3.21. The van der Waals surface area contributed by atoms with E-state index in [0.717, 1.165) is 13.0 Å². The van der Waals surface area contributed by atoms with Gasteiger partial charge in [-0.1, -0.05) is 48.5 Å². The fourth-order valence-corrected chi connectivity index (χ4v) is 3.21. The van der Waals surface area contributed by atoms with Gasteiger partial charge in [0, 0.05) is 12.1 Å². The Morgan fingerprint density at radius 1 is 0.958 bits per heavy atom. The standard InChI is InChI=1S/C20H21NO3/c1-21-14-8-13-20(15-21,18(22)16-9-4-2-5-10-16)24-19(23)17-11-6-3-7-12-17/h2-7,9-12H,8,13-15H2,1H3. The molecule has 2 aromatic carbocycles. The highest BCUT2D eigenvalue weighted by molar-refractivity contribution is 6.04. The van der Waals surface area contributed by atoms with Gasteiger partial charge < -0.3 is 9.64 Å². The number of hydrogen-bond donors (Lipinski definition) is 0. The molecule has 24 heavy (non-hydrogen) atoms. The predicted molar refractivity (Wildman–Crippen MR) is 92.1 cm³/mol. The van der Waals surface area contributed by atoms with Gasteiger partial charge in [-0.3, -0.25) is 4.79 Å². The van der Waals surface area contributed by atoms with E-state index in [1.165, 1.54) is 0 Å². The first kappa shape index (κ1) is 16.4. The third-order valence-electron chi connectivity index (χ3n) is 4.39. The molecule has 0 amide bonds. The minimum absolute atomic E-state index is 0.126. The zero-order chi connectivity index (χ0) is 17.0. The van der Waals surface area contributed by atoms with Gasteiger partial charge in [0.15, 0.2) is 5.60 Å². The van der Waals surface area contributed by atoms with E-state index in [1.807, 2.05) is 36.2 Å². The van der Waals surface area contributed by atoms with Gasteiger partial charge in [0.2, 0.25) is 5.78 Å². The second-order valence-electron chi connectivity index (χ2n) is 6.29. The van der Waals surface area contributed by atoms with Crippen LogP contribution in [0.1, 0.15) is 33.6 Å². The molecule has 4 heteroatoms. The zero-order valence-electron chi connectivity index (χ0n) is 13.8. The maximum absolute atomic E-state index is 13.1. The molecule has 1 unspecified atom stereocenters. The molecule has 0 saturated carbocycles. The van der Waals surface area contributed by atoms with Crippen LogP contribution in [0.3, 0.4) is 0 Å². The van der Waals surface area contributed by atoms with Crippen LogP contribution in [-0.2, 0) is 4.74 Å². The highest BCUT2D eigenvalue weighted by Gasteiger charge is 2.45. The van der Waals surface area contributed by atoms with E-state index in [4.69, 9.17) is 4.74 Å². The van der Waals surface area contributed by atoms with Gasteiger partial charge in [-0.2, -0.15) is 0 Å². The second kappa shape index (κ2) is 6.97. The Morgan fingerprint density at radius 2 is 1.54 bits per heavy atom. The summed E-state index contributed by atoms with van der Waals surface area (Å²) < 4.78 is 5.82. The molecule has 4 nitrogen and oxygen atoms in total. The van der Waals surface area contributed by atoms with E-state index >= 15 is 0 Å². The van der Waals surface area contributed by atoms with E-state index in [2.05, 4.69) is 0 Å². The van der Waals surface area contributed by atoms with Gasteiger partial charge in [-0.15, -0.1) is 0 Å². The lowest BCUT2D eigenvalue weighted by molar-refractivity contribution is -0.0364. The first-order chi connectivity index (χ1) is 11.6. The van der Waals surface area contributed by atoms with Crippen molar-refractivity contribution < 1.29 is 14.3 Å². The van der Waals surface area contributed by atoms with Crippen LogP contribution in [0.4, 0.5) is 0 Å². The van der Waals surface area contributed by atoms with Crippen molar-refractivity contribution in [1.82, 2.24) is 4.90 Å². The van der Waals surface area contributed by atoms with Crippen molar-refractivity contribution in [2.24, 2.45) is 0 Å². The molecule has 0 aromatic heterocycles. The third-order valence-corrected chi connectivity index (χ3v) is 4.39. The van der Waals surface area contributed by atoms with Gasteiger partial charge in [0.05, 0.1) is 5.56 Å². The van der Waals surface area contributed by atoms with Crippen molar-refractivity contribution in [3.63, 3.8) is 0 Å². The number of esters is 1. The predicted octanol–water partition coefficient (Wildman–Crippen LogP) is 3.19. The lowest BCUT2D eigenvalue weighted by Gasteiger charge is -2.39. The number of likely N-dealkylation sites (N-methyl/N-ethyl adjacent to an activating group) is 1. The van der Waals surface area contributed by atoms with Crippen molar-refractivity contribution in [2.75, 3.05) is 20.1 Å². The Kier molecular flexibility index (Phi) is 4.76. The maximum Gasteiger partial charge on any atom is 0.339 e. The number of hydrogen-bond acceptors (Lipinski definition) is 4. The van der Waals surface area contributed by atoms with E-state index < -0.39 is 11.6 Å². The number of nitrogens with zero attached hydrogens (tertiary/aromatic N) is 1. The number of rotatable bonds is 4. The van der Waals surface area contributed by atoms with Crippen LogP contribution in [0.2, 0.25) is 0 Å². The van der Waals surface area contributed by atoms with E-state index in [9.17, 15) is 9.59 Å². The summed E-state index contributed by atoms with van der Waals surface area (Å²) in [5.74, 6) is -0.575. The van der Waals surface area contributed by atoms with Gasteiger partial charge in [0.1, 0.15) is 0 Å². The summed E-state index contributed by atoms with van der Waals surface area (Å²) in [4.78, 5) is 27.7. The number of likely N-dealkylation sites (tertiary alicyclic amines) is 1. The first-order valence-corrected chi connectivity index (χ1v) is 8.17. The number of carbonyl (C=O) groups is 2. The molecule has 0 spiro atoms. The Morgan fingerprint density at radius 3 is 2.12 bits per heavy atom. The molecular formula is C20H21NO3. The van der Waals surface area contributed by atoms with Crippen LogP contribution in [0.15, 0.2) is 60.7 Å². The zero-order valence-corrected chi connectivity index (χ0v) is 13.8. The van der Waals surface area contributed by atoms with Crippen molar-refractivity contribution in [1.29, 1.82) is 0 Å². The van der Waals surface area contributed by atoms with E-state index in [1.54, 1.807) is 36.4 Å². The van der Waals surface area contributed by atoms with Gasteiger partial charge in [-0.25, -0.2) is 4.79 Å². The normalized spacial score (nSPS) is 21.2. The summed E-state index contributed by atoms with van der Waals surface area (Å²) in [6.07, 6.45) is 1.36. The molecule has 0 N–H and O–H groups in total. The van der Waals surface area contributed by atoms with E-state index in [-0.39, 0.29) is 5.78 Å². The summed E-state index contributed by atoms with van der Waals surface area (Å²) in [7, 11) is 1.95. The molecule has 0 bridgehead atoms. The summed E-state index contributed by atoms with van der Waals surface area (Å²) in [6, 6.07) is 17.9. The maximum atomic E-state index is 13.1. The smallest absolute Gasteiger partial charge is 0.339 e. The van der Waals surface area contributed by atoms with Crippen LogP contribution in [0.5, 0.6) is 0 Å². The monoisotopic (exact) mass is 323 g/mol. The summed E-state index contributed by atoms with van der Waals surface area (Å²) in [5, 5.41) is 0. The van der Waals surface area contributed by atoms with E-state index in [0.29, 0.717) is 24.1 Å². The average Bonchev–Trinajstić information content (AvgIpc) is 2.62. The van der Waals surface area contributed by atoms with Crippen LogP contribution in [-0.4, -0.2) is 42.4 Å². The molecule has 1 heterocycles. The number of carbonyl (C=O) groups excluding carboxylic acids is 2. The summed E-state index contributed by atoms with van der Waals surface area (Å²) in [6.45, 7) is 1.31. The van der Waals surface area contributed by atoms with Crippen molar-refractivity contribution >= 4 is 11.8 Å². The molecule has 3 rings (SSSR count). The Hall–Kier alpha value is -2.46.